The van der Waals surface area contributed by atoms with Crippen LogP contribution >= 0.6 is 0 Å². The Morgan fingerprint density at radius 3 is 2.56 bits per heavy atom. The molecule has 0 unspecified atom stereocenters. The van der Waals surface area contributed by atoms with E-state index in [-0.39, 0.29) is 31.0 Å². The van der Waals surface area contributed by atoms with E-state index in [2.05, 4.69) is 16.0 Å². The zero-order chi connectivity index (χ0) is 26.1. The van der Waals surface area contributed by atoms with Gasteiger partial charge in [-0.05, 0) is 43.2 Å². The molecule has 2 atom stereocenters. The molecule has 192 valence electrons. The van der Waals surface area contributed by atoms with Crippen LogP contribution in [0.15, 0.2) is 48.5 Å². The molecule has 2 aromatic rings. The Morgan fingerprint density at radius 2 is 1.83 bits per heavy atom. The van der Waals surface area contributed by atoms with Crippen molar-refractivity contribution in [1.29, 1.82) is 0 Å². The minimum atomic E-state index is -1.15. The van der Waals surface area contributed by atoms with Crippen molar-refractivity contribution in [2.45, 2.75) is 31.8 Å². The van der Waals surface area contributed by atoms with Crippen LogP contribution in [0.25, 0.3) is 0 Å². The number of benzene rings is 2. The largest absolute Gasteiger partial charge is 0.497 e. The van der Waals surface area contributed by atoms with Gasteiger partial charge in [0.25, 0.3) is 5.91 Å². The minimum Gasteiger partial charge on any atom is -0.497 e. The maximum atomic E-state index is 13.1. The number of hydrogen-bond donors (Lipinski definition) is 3. The highest BCUT2D eigenvalue weighted by molar-refractivity contribution is 6.01. The summed E-state index contributed by atoms with van der Waals surface area (Å²) in [7, 11) is 3.20. The van der Waals surface area contributed by atoms with Crippen molar-refractivity contribution in [3.63, 3.8) is 0 Å². The molecule has 1 aliphatic heterocycles. The van der Waals surface area contributed by atoms with E-state index in [4.69, 9.17) is 9.47 Å². The molecular formula is C26H32N4O6. The van der Waals surface area contributed by atoms with E-state index in [1.165, 1.54) is 4.90 Å². The number of carbonyl (C=O) groups is 4. The van der Waals surface area contributed by atoms with Crippen LogP contribution in [0.5, 0.6) is 11.5 Å². The molecule has 0 fully saturated rings. The fourth-order valence-electron chi connectivity index (χ4n) is 3.75. The number of likely N-dealkylation sites (N-methyl/N-ethyl adjacent to an activating group) is 1. The van der Waals surface area contributed by atoms with Crippen LogP contribution in [-0.4, -0.2) is 74.5 Å². The van der Waals surface area contributed by atoms with E-state index in [0.29, 0.717) is 18.7 Å². The summed E-state index contributed by atoms with van der Waals surface area (Å²) in [5.41, 5.74) is 1.22. The average molecular weight is 497 g/mol. The highest BCUT2D eigenvalue weighted by Crippen LogP contribution is 2.18. The Hall–Kier alpha value is -4.08. The van der Waals surface area contributed by atoms with E-state index in [1.807, 2.05) is 24.3 Å². The summed E-state index contributed by atoms with van der Waals surface area (Å²) in [6, 6.07) is 12.1. The van der Waals surface area contributed by atoms with Gasteiger partial charge in [0.1, 0.15) is 30.2 Å². The summed E-state index contributed by atoms with van der Waals surface area (Å²) >= 11 is 0. The summed E-state index contributed by atoms with van der Waals surface area (Å²) in [6.07, 6.45) is 0.224. The van der Waals surface area contributed by atoms with Crippen molar-refractivity contribution < 1.29 is 28.7 Å². The van der Waals surface area contributed by atoms with Gasteiger partial charge >= 0.3 is 0 Å². The number of methoxy groups -OCH3 is 1. The zero-order valence-corrected chi connectivity index (χ0v) is 20.7. The van der Waals surface area contributed by atoms with Crippen molar-refractivity contribution in [3.8, 4) is 11.5 Å². The van der Waals surface area contributed by atoms with E-state index >= 15 is 0 Å². The monoisotopic (exact) mass is 496 g/mol. The first-order valence-corrected chi connectivity index (χ1v) is 11.8. The molecule has 0 radical (unpaired) electrons. The second kappa shape index (κ2) is 12.6. The Morgan fingerprint density at radius 1 is 1.11 bits per heavy atom. The first-order valence-electron chi connectivity index (χ1n) is 11.8. The number of nitrogens with one attached hydrogen (secondary N) is 3. The van der Waals surface area contributed by atoms with E-state index < -0.39 is 29.8 Å². The average Bonchev–Trinajstić information content (AvgIpc) is 2.87. The topological polar surface area (TPSA) is 126 Å². The third-order valence-corrected chi connectivity index (χ3v) is 5.82. The Bertz CT molecular complexity index is 1090. The normalized spacial score (nSPS) is 19.2. The van der Waals surface area contributed by atoms with Crippen molar-refractivity contribution in [3.05, 3.63) is 59.7 Å². The molecule has 3 rings (SSSR count). The van der Waals surface area contributed by atoms with Crippen molar-refractivity contribution in [2.24, 2.45) is 0 Å². The van der Waals surface area contributed by atoms with E-state index in [9.17, 15) is 19.2 Å². The fraction of sp³-hybridized carbons (Fsp3) is 0.385. The lowest BCUT2D eigenvalue weighted by Gasteiger charge is -2.25. The molecule has 1 heterocycles. The van der Waals surface area contributed by atoms with Crippen LogP contribution in [0.3, 0.4) is 0 Å². The molecule has 10 nitrogen and oxygen atoms in total. The van der Waals surface area contributed by atoms with Crippen molar-refractivity contribution in [1.82, 2.24) is 20.9 Å². The number of para-hydroxylation sites is 1. The highest BCUT2D eigenvalue weighted by atomic mass is 16.5. The van der Waals surface area contributed by atoms with Crippen LogP contribution < -0.4 is 25.4 Å². The first kappa shape index (κ1) is 26.5. The summed E-state index contributed by atoms with van der Waals surface area (Å²) in [5, 5.41) is 8.05. The van der Waals surface area contributed by atoms with Crippen LogP contribution in [0, 0.1) is 0 Å². The van der Waals surface area contributed by atoms with Gasteiger partial charge in [0.15, 0.2) is 0 Å². The lowest BCUT2D eigenvalue weighted by molar-refractivity contribution is -0.135. The molecule has 10 heteroatoms. The number of ether oxygens (including phenoxy) is 2. The quantitative estimate of drug-likeness (QED) is 0.565. The first-order chi connectivity index (χ1) is 17.3. The predicted molar refractivity (Wildman–Crippen MR) is 133 cm³/mol. The van der Waals surface area contributed by atoms with Gasteiger partial charge in [-0.1, -0.05) is 24.3 Å². The van der Waals surface area contributed by atoms with Crippen LogP contribution in [0.1, 0.15) is 29.3 Å². The van der Waals surface area contributed by atoms with Gasteiger partial charge < -0.3 is 30.3 Å². The number of amides is 4. The molecule has 0 aromatic heterocycles. The Kier molecular flexibility index (Phi) is 9.26. The molecule has 0 aliphatic carbocycles. The van der Waals surface area contributed by atoms with Crippen molar-refractivity contribution >= 4 is 23.6 Å². The fourth-order valence-corrected chi connectivity index (χ4v) is 3.75. The number of fused-ring (bicyclic) bond motifs is 1. The summed E-state index contributed by atoms with van der Waals surface area (Å²) < 4.78 is 10.9. The minimum absolute atomic E-state index is 0.155. The molecule has 0 spiro atoms. The molecule has 3 N–H and O–H groups in total. The molecule has 2 aromatic carbocycles. The molecule has 0 bridgehead atoms. The lowest BCUT2D eigenvalue weighted by Crippen LogP contribution is -2.52. The standard InChI is InChI=1S/C26H32N4O6/c1-17-26(34)30(2)14-15-36-22-7-5-4-6-20(22)24(32)29-21(16-23(31)28-17)25(33)27-13-12-18-8-10-19(35-3)11-9-18/h4-11,17,21H,12-16H2,1-3H3,(H,27,33)(H,28,31)(H,29,32)/t17-,21-/m0/s1. The molecule has 0 saturated carbocycles. The van der Waals surface area contributed by atoms with Gasteiger partial charge in [0.05, 0.1) is 25.6 Å². The number of rotatable bonds is 5. The van der Waals surface area contributed by atoms with Crippen LogP contribution in [0.2, 0.25) is 0 Å². The van der Waals surface area contributed by atoms with Crippen LogP contribution in [-0.2, 0) is 20.8 Å². The van der Waals surface area contributed by atoms with E-state index in [0.717, 1.165) is 11.3 Å². The SMILES string of the molecule is COc1ccc(CCNC(=O)[C@@H]2CC(=O)N[C@@H](C)C(=O)N(C)CCOc3ccccc3C(=O)N2)cc1. The molecular weight excluding hydrogens is 464 g/mol. The smallest absolute Gasteiger partial charge is 0.255 e. The van der Waals surface area contributed by atoms with Gasteiger partial charge in [-0.2, -0.15) is 0 Å². The van der Waals surface area contributed by atoms with Crippen molar-refractivity contribution in [2.75, 3.05) is 33.9 Å². The third kappa shape index (κ3) is 7.21. The molecule has 0 saturated heterocycles. The Labute approximate surface area is 210 Å². The number of carbonyl (C=O) groups excluding carboxylic acids is 4. The highest BCUT2D eigenvalue weighted by Gasteiger charge is 2.28. The van der Waals surface area contributed by atoms with Crippen LogP contribution in [0.4, 0.5) is 0 Å². The van der Waals surface area contributed by atoms with Gasteiger partial charge in [-0.15, -0.1) is 0 Å². The second-order valence-corrected chi connectivity index (χ2v) is 8.51. The second-order valence-electron chi connectivity index (χ2n) is 8.51. The molecule has 4 amide bonds. The summed E-state index contributed by atoms with van der Waals surface area (Å²) in [6.45, 7) is 2.30. The summed E-state index contributed by atoms with van der Waals surface area (Å²) in [5.74, 6) is -0.802. The lowest BCUT2D eigenvalue weighted by atomic mass is 10.1. The number of nitrogens with zero attached hydrogens (tertiary/aromatic N) is 1. The maximum absolute atomic E-state index is 13.1. The van der Waals surface area contributed by atoms with Gasteiger partial charge in [0.2, 0.25) is 17.7 Å². The number of hydrogen-bond acceptors (Lipinski definition) is 6. The predicted octanol–water partition coefficient (Wildman–Crippen LogP) is 0.898. The molecule has 36 heavy (non-hydrogen) atoms. The van der Waals surface area contributed by atoms with Gasteiger partial charge in [-0.25, -0.2) is 0 Å². The van der Waals surface area contributed by atoms with Gasteiger partial charge in [0, 0.05) is 13.6 Å². The zero-order valence-electron chi connectivity index (χ0n) is 20.7. The summed E-state index contributed by atoms with van der Waals surface area (Å²) in [4.78, 5) is 52.8. The molecule has 1 aliphatic rings. The third-order valence-electron chi connectivity index (χ3n) is 5.82. The Balaban J connectivity index is 1.75. The van der Waals surface area contributed by atoms with E-state index in [1.54, 1.807) is 45.3 Å². The maximum Gasteiger partial charge on any atom is 0.255 e. The van der Waals surface area contributed by atoms with Gasteiger partial charge in [-0.3, -0.25) is 19.2 Å².